The first kappa shape index (κ1) is 24.9. The minimum atomic E-state index is -0.526. The van der Waals surface area contributed by atoms with E-state index in [2.05, 4.69) is 5.32 Å². The number of anilines is 2. The van der Waals surface area contributed by atoms with E-state index in [0.29, 0.717) is 40.8 Å². The molecular weight excluding hydrogens is 460 g/mol. The molecule has 0 radical (unpaired) electrons. The summed E-state index contributed by atoms with van der Waals surface area (Å²) in [6.45, 7) is 0. The van der Waals surface area contributed by atoms with Gasteiger partial charge in [-0.25, -0.2) is 0 Å². The summed E-state index contributed by atoms with van der Waals surface area (Å²) in [6.07, 6.45) is 0.645. The molecular formula is C28H30N2O6. The van der Waals surface area contributed by atoms with E-state index < -0.39 is 12.0 Å². The molecule has 0 spiro atoms. The maximum absolute atomic E-state index is 13.7. The van der Waals surface area contributed by atoms with E-state index in [4.69, 9.17) is 18.9 Å². The van der Waals surface area contributed by atoms with Gasteiger partial charge in [0, 0.05) is 18.2 Å². The van der Waals surface area contributed by atoms with Crippen molar-refractivity contribution in [3.05, 3.63) is 72.3 Å². The third-order valence-corrected chi connectivity index (χ3v) is 6.41. The second kappa shape index (κ2) is 11.0. The lowest BCUT2D eigenvalue weighted by molar-refractivity contribution is -0.125. The van der Waals surface area contributed by atoms with Gasteiger partial charge in [-0.3, -0.25) is 9.59 Å². The molecule has 8 heteroatoms. The van der Waals surface area contributed by atoms with Gasteiger partial charge in [0.05, 0.1) is 46.1 Å². The first-order valence-electron chi connectivity index (χ1n) is 11.6. The van der Waals surface area contributed by atoms with Crippen LogP contribution in [0.5, 0.6) is 23.0 Å². The molecule has 8 nitrogen and oxygen atoms in total. The van der Waals surface area contributed by atoms with Gasteiger partial charge in [-0.05, 0) is 60.5 Å². The Labute approximate surface area is 210 Å². The molecule has 2 amide bonds. The zero-order valence-corrected chi connectivity index (χ0v) is 20.8. The fraction of sp³-hybridized carbons (Fsp3) is 0.286. The van der Waals surface area contributed by atoms with Crippen molar-refractivity contribution in [2.45, 2.75) is 18.9 Å². The Morgan fingerprint density at radius 2 is 1.39 bits per heavy atom. The first-order valence-corrected chi connectivity index (χ1v) is 11.6. The number of ether oxygens (including phenoxy) is 4. The molecule has 36 heavy (non-hydrogen) atoms. The summed E-state index contributed by atoms with van der Waals surface area (Å²) >= 11 is 0. The Balaban J connectivity index is 1.74. The van der Waals surface area contributed by atoms with E-state index in [9.17, 15) is 9.59 Å². The highest BCUT2D eigenvalue weighted by Gasteiger charge is 2.41. The quantitative estimate of drug-likeness (QED) is 0.486. The summed E-state index contributed by atoms with van der Waals surface area (Å²) < 4.78 is 21.4. The SMILES string of the molecule is COc1ccc([C@@H]2[C@@H](C(=O)Nc3cc(OC)ccc3OC)CCC(=O)N2c2ccc(OC)cc2)cc1. The number of hydrogen-bond donors (Lipinski definition) is 1. The Morgan fingerprint density at radius 1 is 0.806 bits per heavy atom. The second-order valence-electron chi connectivity index (χ2n) is 8.38. The van der Waals surface area contributed by atoms with Gasteiger partial charge in [-0.15, -0.1) is 0 Å². The van der Waals surface area contributed by atoms with Gasteiger partial charge >= 0.3 is 0 Å². The topological polar surface area (TPSA) is 86.3 Å². The molecule has 0 aliphatic carbocycles. The second-order valence-corrected chi connectivity index (χ2v) is 8.38. The largest absolute Gasteiger partial charge is 0.497 e. The lowest BCUT2D eigenvalue weighted by Gasteiger charge is -2.41. The lowest BCUT2D eigenvalue weighted by Crippen LogP contribution is -2.47. The van der Waals surface area contributed by atoms with Crippen LogP contribution in [0.15, 0.2) is 66.7 Å². The number of nitrogens with zero attached hydrogens (tertiary/aromatic N) is 1. The van der Waals surface area contributed by atoms with Crippen LogP contribution in [0, 0.1) is 5.92 Å². The summed E-state index contributed by atoms with van der Waals surface area (Å²) in [5, 5.41) is 3.01. The number of methoxy groups -OCH3 is 4. The van der Waals surface area contributed by atoms with Gasteiger partial charge in [0.15, 0.2) is 0 Å². The fourth-order valence-corrected chi connectivity index (χ4v) is 4.53. The van der Waals surface area contributed by atoms with Crippen LogP contribution in [0.2, 0.25) is 0 Å². The maximum atomic E-state index is 13.7. The normalized spacial score (nSPS) is 17.3. The summed E-state index contributed by atoms with van der Waals surface area (Å²) in [6, 6.07) is 19.4. The summed E-state index contributed by atoms with van der Waals surface area (Å²) in [7, 11) is 6.30. The fourth-order valence-electron chi connectivity index (χ4n) is 4.53. The average molecular weight is 491 g/mol. The molecule has 2 atom stereocenters. The molecule has 0 saturated carbocycles. The summed E-state index contributed by atoms with van der Waals surface area (Å²) in [4.78, 5) is 28.7. The number of carbonyl (C=O) groups is 2. The molecule has 1 aliphatic rings. The van der Waals surface area contributed by atoms with Crippen LogP contribution in [-0.2, 0) is 9.59 Å². The highest BCUT2D eigenvalue weighted by molar-refractivity contribution is 6.00. The van der Waals surface area contributed by atoms with Gasteiger partial charge < -0.3 is 29.2 Å². The molecule has 1 saturated heterocycles. The van der Waals surface area contributed by atoms with Gasteiger partial charge in [0.2, 0.25) is 11.8 Å². The van der Waals surface area contributed by atoms with E-state index in [0.717, 1.165) is 5.56 Å². The van der Waals surface area contributed by atoms with E-state index in [1.54, 1.807) is 63.7 Å². The molecule has 3 aromatic carbocycles. The molecule has 1 aliphatic heterocycles. The average Bonchev–Trinajstić information content (AvgIpc) is 2.92. The van der Waals surface area contributed by atoms with Gasteiger partial charge in [0.25, 0.3) is 0 Å². The molecule has 0 unspecified atom stereocenters. The molecule has 1 fully saturated rings. The number of amides is 2. The standard InChI is InChI=1S/C28H30N2O6/c1-33-20-9-5-18(6-10-20)27-23(28(32)29-24-17-22(35-3)13-15-25(24)36-4)14-16-26(31)30(27)19-7-11-21(34-2)12-8-19/h5-13,15,17,23,27H,14,16H2,1-4H3,(H,29,32)/t23-,27+/m0/s1. The molecule has 0 bridgehead atoms. The van der Waals surface area contributed by atoms with E-state index >= 15 is 0 Å². The van der Waals surface area contributed by atoms with Gasteiger partial charge in [-0.2, -0.15) is 0 Å². The smallest absolute Gasteiger partial charge is 0.230 e. The van der Waals surface area contributed by atoms with Crippen molar-refractivity contribution in [3.8, 4) is 23.0 Å². The molecule has 4 rings (SSSR count). The predicted molar refractivity (Wildman–Crippen MR) is 137 cm³/mol. The third kappa shape index (κ3) is 5.07. The van der Waals surface area contributed by atoms with Crippen molar-refractivity contribution < 1.29 is 28.5 Å². The first-order chi connectivity index (χ1) is 17.5. The van der Waals surface area contributed by atoms with Crippen LogP contribution in [0.4, 0.5) is 11.4 Å². The summed E-state index contributed by atoms with van der Waals surface area (Å²) in [5.74, 6) is 1.70. The zero-order valence-electron chi connectivity index (χ0n) is 20.8. The van der Waals surface area contributed by atoms with Crippen molar-refractivity contribution in [1.29, 1.82) is 0 Å². The third-order valence-electron chi connectivity index (χ3n) is 6.41. The number of nitrogens with one attached hydrogen (secondary N) is 1. The predicted octanol–water partition coefficient (Wildman–Crippen LogP) is 4.84. The number of piperidine rings is 1. The van der Waals surface area contributed by atoms with Crippen molar-refractivity contribution in [2.75, 3.05) is 38.7 Å². The molecule has 0 aromatic heterocycles. The molecule has 3 aromatic rings. The van der Waals surface area contributed by atoms with Crippen LogP contribution < -0.4 is 29.2 Å². The van der Waals surface area contributed by atoms with Crippen molar-refractivity contribution in [1.82, 2.24) is 0 Å². The van der Waals surface area contributed by atoms with Gasteiger partial charge in [-0.1, -0.05) is 12.1 Å². The minimum absolute atomic E-state index is 0.0519. The number of rotatable bonds is 8. The number of carbonyl (C=O) groups excluding carboxylic acids is 2. The van der Waals surface area contributed by atoms with Crippen molar-refractivity contribution >= 4 is 23.2 Å². The Hall–Kier alpha value is -4.20. The zero-order chi connectivity index (χ0) is 25.7. The monoisotopic (exact) mass is 490 g/mol. The maximum Gasteiger partial charge on any atom is 0.230 e. The Bertz CT molecular complexity index is 1210. The Kier molecular flexibility index (Phi) is 7.63. The van der Waals surface area contributed by atoms with Crippen LogP contribution in [-0.4, -0.2) is 40.3 Å². The lowest BCUT2D eigenvalue weighted by atomic mass is 9.83. The van der Waals surface area contributed by atoms with Crippen LogP contribution in [0.25, 0.3) is 0 Å². The van der Waals surface area contributed by atoms with Gasteiger partial charge in [0.1, 0.15) is 23.0 Å². The molecule has 188 valence electrons. The van der Waals surface area contributed by atoms with Crippen LogP contribution in [0.1, 0.15) is 24.4 Å². The highest BCUT2D eigenvalue weighted by atomic mass is 16.5. The van der Waals surface area contributed by atoms with Crippen molar-refractivity contribution in [3.63, 3.8) is 0 Å². The molecule has 1 heterocycles. The van der Waals surface area contributed by atoms with E-state index in [1.165, 1.54) is 0 Å². The van der Waals surface area contributed by atoms with Crippen LogP contribution in [0.3, 0.4) is 0 Å². The highest BCUT2D eigenvalue weighted by Crippen LogP contribution is 2.42. The number of hydrogen-bond acceptors (Lipinski definition) is 6. The van der Waals surface area contributed by atoms with Crippen molar-refractivity contribution in [2.24, 2.45) is 5.92 Å². The van der Waals surface area contributed by atoms with E-state index in [-0.39, 0.29) is 18.2 Å². The molecule has 1 N–H and O–H groups in total. The Morgan fingerprint density at radius 3 is 1.97 bits per heavy atom. The minimum Gasteiger partial charge on any atom is -0.497 e. The van der Waals surface area contributed by atoms with E-state index in [1.807, 2.05) is 36.4 Å². The summed E-state index contributed by atoms with van der Waals surface area (Å²) in [5.41, 5.74) is 2.03. The number of benzene rings is 3. The van der Waals surface area contributed by atoms with Crippen LogP contribution >= 0.6 is 0 Å².